The zero-order valence-corrected chi connectivity index (χ0v) is 18.5. The maximum Gasteiger partial charge on any atom is 0.328 e. The van der Waals surface area contributed by atoms with E-state index in [-0.39, 0.29) is 5.69 Å². The summed E-state index contributed by atoms with van der Waals surface area (Å²) in [4.78, 5) is 26.0. The van der Waals surface area contributed by atoms with E-state index in [2.05, 4.69) is 32.7 Å². The fourth-order valence-corrected chi connectivity index (χ4v) is 4.43. The van der Waals surface area contributed by atoms with Crippen LogP contribution in [0, 0.1) is 0 Å². The van der Waals surface area contributed by atoms with Crippen LogP contribution in [0.4, 0.5) is 0 Å². The minimum atomic E-state index is -0.0504. The smallest absolute Gasteiger partial charge is 0.328 e. The van der Waals surface area contributed by atoms with Crippen LogP contribution >= 0.6 is 0 Å². The maximum atomic E-state index is 12.5. The molecule has 33 heavy (non-hydrogen) atoms. The molecule has 4 aromatic heterocycles. The Labute approximate surface area is 189 Å². The number of benzene rings is 2. The Morgan fingerprint density at radius 2 is 1.61 bits per heavy atom. The molecule has 0 N–H and O–H groups in total. The first-order chi connectivity index (χ1) is 16.0. The van der Waals surface area contributed by atoms with Crippen LogP contribution in [0.25, 0.3) is 50.4 Å². The summed E-state index contributed by atoms with van der Waals surface area (Å²) < 4.78 is 7.41. The molecule has 0 radical (unpaired) electrons. The molecular weight excluding hydrogens is 414 g/mol. The Kier molecular flexibility index (Phi) is 4.10. The first kappa shape index (κ1) is 19.2. The molecule has 0 spiro atoms. The second-order valence-corrected chi connectivity index (χ2v) is 8.18. The van der Waals surface area contributed by atoms with Gasteiger partial charge in [0, 0.05) is 44.8 Å². The van der Waals surface area contributed by atoms with E-state index in [1.807, 2.05) is 54.3 Å². The monoisotopic (exact) mass is 435 g/mol. The van der Waals surface area contributed by atoms with E-state index in [1.165, 1.54) is 0 Å². The predicted octanol–water partition coefficient (Wildman–Crippen LogP) is 3.68. The van der Waals surface area contributed by atoms with Crippen LogP contribution in [-0.4, -0.2) is 33.2 Å². The van der Waals surface area contributed by atoms with Gasteiger partial charge in [-0.25, -0.2) is 14.8 Å². The zero-order chi connectivity index (χ0) is 22.7. The largest absolute Gasteiger partial charge is 0.331 e. The van der Waals surface area contributed by atoms with E-state index < -0.39 is 0 Å². The molecule has 6 rings (SSSR count). The van der Waals surface area contributed by atoms with Gasteiger partial charge in [0.15, 0.2) is 5.82 Å². The summed E-state index contributed by atoms with van der Waals surface area (Å²) in [7, 11) is 5.54. The third-order valence-electron chi connectivity index (χ3n) is 6.21. The van der Waals surface area contributed by atoms with Crippen molar-refractivity contribution in [1.82, 2.24) is 33.2 Å². The van der Waals surface area contributed by atoms with Crippen molar-refractivity contribution in [2.45, 2.75) is 0 Å². The molecule has 0 amide bonds. The second kappa shape index (κ2) is 7.03. The topological polar surface area (TPSA) is 75.5 Å². The lowest BCUT2D eigenvalue weighted by Crippen LogP contribution is -2.19. The number of hydrogen-bond acceptors (Lipinski definition) is 4. The third-order valence-corrected chi connectivity index (χ3v) is 6.21. The first-order valence-electron chi connectivity index (χ1n) is 10.6. The summed E-state index contributed by atoms with van der Waals surface area (Å²) >= 11 is 0. The Morgan fingerprint density at radius 3 is 2.36 bits per heavy atom. The van der Waals surface area contributed by atoms with Crippen molar-refractivity contribution < 1.29 is 0 Å². The van der Waals surface area contributed by atoms with E-state index in [4.69, 9.17) is 4.98 Å². The van der Waals surface area contributed by atoms with E-state index >= 15 is 0 Å². The van der Waals surface area contributed by atoms with Crippen LogP contribution in [0.5, 0.6) is 0 Å². The number of fused-ring (bicyclic) bond motifs is 2. The summed E-state index contributed by atoms with van der Waals surface area (Å²) in [5.41, 5.74) is 7.46. The first-order valence-corrected chi connectivity index (χ1v) is 10.6. The van der Waals surface area contributed by atoms with Gasteiger partial charge >= 0.3 is 5.69 Å². The van der Waals surface area contributed by atoms with Crippen LogP contribution in [0.3, 0.4) is 0 Å². The van der Waals surface area contributed by atoms with Crippen molar-refractivity contribution in [3.8, 4) is 28.3 Å². The molecule has 0 unspecified atom stereocenters. The number of hydrogen-bond donors (Lipinski definition) is 0. The average Bonchev–Trinajstić information content (AvgIpc) is 3.50. The summed E-state index contributed by atoms with van der Waals surface area (Å²) in [6.45, 7) is 0. The van der Waals surface area contributed by atoms with Crippen molar-refractivity contribution in [3.05, 3.63) is 83.9 Å². The number of rotatable bonds is 3. The number of nitrogens with zero attached hydrogens (tertiary/aromatic N) is 7. The quantitative estimate of drug-likeness (QED) is 0.425. The van der Waals surface area contributed by atoms with Gasteiger partial charge in [-0.05, 0) is 42.0 Å². The van der Waals surface area contributed by atoms with Crippen molar-refractivity contribution in [3.63, 3.8) is 0 Å². The molecule has 0 aliphatic heterocycles. The third kappa shape index (κ3) is 2.84. The Balaban J connectivity index is 1.65. The lowest BCUT2D eigenvalue weighted by atomic mass is 10.1. The molecule has 2 aromatic carbocycles. The molecule has 0 saturated heterocycles. The molecule has 0 aliphatic carbocycles. The fraction of sp³-hybridized carbons (Fsp3) is 0.120. The second-order valence-electron chi connectivity index (χ2n) is 8.18. The van der Waals surface area contributed by atoms with Gasteiger partial charge in [0.1, 0.15) is 5.69 Å². The molecule has 162 valence electrons. The van der Waals surface area contributed by atoms with Crippen molar-refractivity contribution in [2.75, 3.05) is 0 Å². The highest BCUT2D eigenvalue weighted by molar-refractivity contribution is 5.88. The maximum absolute atomic E-state index is 12.5. The molecule has 0 bridgehead atoms. The normalized spacial score (nSPS) is 11.6. The average molecular weight is 435 g/mol. The van der Waals surface area contributed by atoms with Gasteiger partial charge in [-0.15, -0.1) is 0 Å². The molecule has 0 saturated carbocycles. The highest BCUT2D eigenvalue weighted by atomic mass is 16.1. The van der Waals surface area contributed by atoms with Crippen LogP contribution in [0.1, 0.15) is 0 Å². The summed E-state index contributed by atoms with van der Waals surface area (Å²) in [5, 5.41) is 0. The van der Waals surface area contributed by atoms with E-state index in [1.54, 1.807) is 35.8 Å². The predicted molar refractivity (Wildman–Crippen MR) is 128 cm³/mol. The van der Waals surface area contributed by atoms with Gasteiger partial charge < -0.3 is 4.57 Å². The van der Waals surface area contributed by atoms with Gasteiger partial charge in [0.2, 0.25) is 0 Å². The van der Waals surface area contributed by atoms with E-state index in [0.29, 0.717) is 0 Å². The van der Waals surface area contributed by atoms with Crippen molar-refractivity contribution >= 4 is 22.1 Å². The van der Waals surface area contributed by atoms with Gasteiger partial charge in [0.25, 0.3) is 0 Å². The number of aryl methyl sites for hydroxylation is 3. The number of aromatic nitrogens is 7. The number of imidazole rings is 3. The van der Waals surface area contributed by atoms with Crippen LogP contribution < -0.4 is 5.69 Å². The van der Waals surface area contributed by atoms with Gasteiger partial charge in [-0.1, -0.05) is 12.1 Å². The Hall–Kier alpha value is -4.46. The van der Waals surface area contributed by atoms with Crippen LogP contribution in [0.15, 0.2) is 78.2 Å². The minimum Gasteiger partial charge on any atom is -0.331 e. The summed E-state index contributed by atoms with van der Waals surface area (Å²) in [6.07, 6.45) is 7.20. The highest BCUT2D eigenvalue weighted by Crippen LogP contribution is 2.32. The van der Waals surface area contributed by atoms with Crippen LogP contribution in [-0.2, 0) is 21.1 Å². The molecule has 4 heterocycles. The standard InChI is InChI=1S/C25H21N7O/c1-29-15-27-14-23(29)24-28-19-11-16(17-5-4-10-26-13-17)6-8-20(19)32(24)18-7-9-21-22(12-18)31(3)25(33)30(21)2/h4-15H,1-3H3. The Morgan fingerprint density at radius 1 is 0.788 bits per heavy atom. The van der Waals surface area contributed by atoms with E-state index in [0.717, 1.165) is 50.4 Å². The zero-order valence-electron chi connectivity index (χ0n) is 18.5. The lowest BCUT2D eigenvalue weighted by Gasteiger charge is -2.11. The summed E-state index contributed by atoms with van der Waals surface area (Å²) in [5.74, 6) is 0.786. The molecule has 8 heteroatoms. The molecule has 8 nitrogen and oxygen atoms in total. The lowest BCUT2D eigenvalue weighted by molar-refractivity contribution is 0.795. The fourth-order valence-electron chi connectivity index (χ4n) is 4.43. The van der Waals surface area contributed by atoms with Crippen LogP contribution in [0.2, 0.25) is 0 Å². The van der Waals surface area contributed by atoms with Gasteiger partial charge in [-0.3, -0.25) is 18.7 Å². The molecule has 0 fully saturated rings. The van der Waals surface area contributed by atoms with Gasteiger partial charge in [-0.2, -0.15) is 0 Å². The minimum absolute atomic E-state index is 0.0504. The summed E-state index contributed by atoms with van der Waals surface area (Å²) in [6, 6.07) is 16.3. The van der Waals surface area contributed by atoms with Crippen molar-refractivity contribution in [2.24, 2.45) is 21.1 Å². The highest BCUT2D eigenvalue weighted by Gasteiger charge is 2.19. The molecule has 6 aromatic rings. The SMILES string of the molecule is Cn1cncc1-c1nc2cc(-c3cccnc3)ccc2n1-c1ccc2c(c1)n(C)c(=O)n2C. The molecule has 0 atom stereocenters. The van der Waals surface area contributed by atoms with Gasteiger partial charge in [0.05, 0.1) is 34.6 Å². The molecule has 0 aliphatic rings. The van der Waals surface area contributed by atoms with E-state index in [9.17, 15) is 4.79 Å². The molecular formula is C25H21N7O. The number of pyridine rings is 1. The van der Waals surface area contributed by atoms with Crippen molar-refractivity contribution in [1.29, 1.82) is 0 Å². The Bertz CT molecular complexity index is 1720.